The Balaban J connectivity index is 0.00000112. The van der Waals surface area contributed by atoms with E-state index in [4.69, 9.17) is 11.6 Å². The Morgan fingerprint density at radius 2 is 1.75 bits per heavy atom. The molecule has 1 fully saturated rings. The van der Waals surface area contributed by atoms with Gasteiger partial charge in [-0.15, -0.1) is 0 Å². The summed E-state index contributed by atoms with van der Waals surface area (Å²) in [4.78, 5) is 2.43. The zero-order chi connectivity index (χ0) is 9.80. The number of benzene rings is 1. The van der Waals surface area contributed by atoms with Gasteiger partial charge in [0.25, 0.3) is 0 Å². The third kappa shape index (κ3) is 4.48. The largest absolute Gasteiger partial charge is 1.00 e. The van der Waals surface area contributed by atoms with Crippen LogP contribution < -0.4 is 30.1 Å². The van der Waals surface area contributed by atoms with Gasteiger partial charge in [0, 0.05) is 37.7 Å². The van der Waals surface area contributed by atoms with Crippen LogP contribution in [0.25, 0.3) is 0 Å². The van der Waals surface area contributed by atoms with Crippen LogP contribution in [0.2, 0.25) is 5.02 Å². The summed E-state index contributed by atoms with van der Waals surface area (Å²) in [5.41, 5.74) is 1.23. The first-order chi connectivity index (χ1) is 6.86. The molecule has 1 aromatic carbocycles. The van der Waals surface area contributed by atoms with Gasteiger partial charge in [0.2, 0.25) is 0 Å². The van der Waals surface area contributed by atoms with Gasteiger partial charge in [0.05, 0.1) is 0 Å². The van der Waals surface area contributed by atoms with Crippen LogP contribution in [-0.4, -0.2) is 31.1 Å². The van der Waals surface area contributed by atoms with Gasteiger partial charge >= 0.3 is 0 Å². The molecule has 0 bridgehead atoms. The van der Waals surface area contributed by atoms with Gasteiger partial charge in [-0.1, -0.05) is 29.8 Å². The molecule has 1 saturated heterocycles. The van der Waals surface area contributed by atoms with E-state index in [0.717, 1.165) is 37.7 Å². The molecular weight excluding hydrogens is 266 g/mol. The second-order valence-corrected chi connectivity index (χ2v) is 4.02. The summed E-state index contributed by atoms with van der Waals surface area (Å²) >= 11 is 6.10. The second-order valence-electron chi connectivity index (χ2n) is 3.62. The van der Waals surface area contributed by atoms with E-state index in [-0.39, 0.29) is 24.8 Å². The summed E-state index contributed by atoms with van der Waals surface area (Å²) in [6, 6.07) is 8.08. The van der Waals surface area contributed by atoms with E-state index in [0.29, 0.717) is 0 Å². The Labute approximate surface area is 114 Å². The minimum Gasteiger partial charge on any atom is -1.00 e. The first kappa shape index (κ1) is 16.0. The van der Waals surface area contributed by atoms with Crippen molar-refractivity contribution in [2.24, 2.45) is 0 Å². The van der Waals surface area contributed by atoms with Crippen molar-refractivity contribution in [3.63, 3.8) is 0 Å². The Morgan fingerprint density at radius 1 is 1.12 bits per heavy atom. The third-order valence-electron chi connectivity index (χ3n) is 2.56. The fraction of sp³-hybridized carbons (Fsp3) is 0.455. The number of halogens is 3. The van der Waals surface area contributed by atoms with E-state index in [9.17, 15) is 0 Å². The topological polar surface area (TPSA) is 15.3 Å². The van der Waals surface area contributed by atoms with Gasteiger partial charge in [0.15, 0.2) is 0 Å². The maximum Gasteiger partial charge on any atom is 0.0451 e. The zero-order valence-corrected chi connectivity index (χ0v) is 11.2. The maximum atomic E-state index is 6.10. The molecule has 0 spiro atoms. The van der Waals surface area contributed by atoms with E-state index < -0.39 is 0 Å². The molecule has 2 rings (SSSR count). The Bertz CT molecular complexity index is 301. The van der Waals surface area contributed by atoms with Crippen molar-refractivity contribution in [1.29, 1.82) is 0 Å². The summed E-state index contributed by atoms with van der Waals surface area (Å²) in [6.07, 6.45) is 0. The predicted octanol–water partition coefficient (Wildman–Crippen LogP) is -4.25. The van der Waals surface area contributed by atoms with Crippen molar-refractivity contribution in [3.05, 3.63) is 34.9 Å². The van der Waals surface area contributed by atoms with Crippen molar-refractivity contribution in [2.45, 2.75) is 6.54 Å². The van der Waals surface area contributed by atoms with Crippen LogP contribution in [0.1, 0.15) is 5.56 Å². The minimum absolute atomic E-state index is 0. The predicted molar refractivity (Wildman–Crippen MR) is 59.6 cm³/mol. The molecule has 2 nitrogen and oxygen atoms in total. The Hall–Kier alpha value is 0.01000. The van der Waals surface area contributed by atoms with Crippen LogP contribution in [-0.2, 0) is 6.54 Å². The lowest BCUT2D eigenvalue weighted by atomic mass is 10.2. The normalized spacial score (nSPS) is 16.1. The summed E-state index contributed by atoms with van der Waals surface area (Å²) < 4.78 is 0. The van der Waals surface area contributed by atoms with Gasteiger partial charge in [-0.05, 0) is 11.6 Å². The minimum atomic E-state index is 0. The first-order valence-corrected chi connectivity index (χ1v) is 5.40. The SMILES string of the molecule is Clc1ccccc1CN1CCNCC1.[Cl-].[Cl-]. The lowest BCUT2D eigenvalue weighted by Crippen LogP contribution is -3.00. The number of nitrogens with zero attached hydrogens (tertiary/aromatic N) is 1. The van der Waals surface area contributed by atoms with E-state index in [2.05, 4.69) is 16.3 Å². The van der Waals surface area contributed by atoms with Crippen molar-refractivity contribution >= 4 is 11.6 Å². The summed E-state index contributed by atoms with van der Waals surface area (Å²) in [5, 5.41) is 4.22. The molecule has 16 heavy (non-hydrogen) atoms. The molecule has 0 aromatic heterocycles. The summed E-state index contributed by atoms with van der Waals surface area (Å²) in [7, 11) is 0. The smallest absolute Gasteiger partial charge is 0.0451 e. The highest BCUT2D eigenvalue weighted by Crippen LogP contribution is 2.16. The second kappa shape index (κ2) is 8.15. The molecule has 1 aliphatic heterocycles. The molecule has 0 amide bonds. The maximum absolute atomic E-state index is 6.10. The molecule has 92 valence electrons. The van der Waals surface area contributed by atoms with Crippen molar-refractivity contribution < 1.29 is 24.8 Å². The summed E-state index contributed by atoms with van der Waals surface area (Å²) in [6.45, 7) is 5.38. The van der Waals surface area contributed by atoms with Crippen molar-refractivity contribution in [1.82, 2.24) is 10.2 Å². The highest BCUT2D eigenvalue weighted by Gasteiger charge is 2.10. The lowest BCUT2D eigenvalue weighted by molar-refractivity contribution is -0.00100. The molecule has 1 aliphatic rings. The first-order valence-electron chi connectivity index (χ1n) is 5.03. The van der Waals surface area contributed by atoms with Crippen molar-refractivity contribution in [2.75, 3.05) is 26.2 Å². The zero-order valence-electron chi connectivity index (χ0n) is 8.93. The Kier molecular flexibility index (Phi) is 8.16. The molecule has 0 atom stereocenters. The Morgan fingerprint density at radius 3 is 2.38 bits per heavy atom. The van der Waals surface area contributed by atoms with Crippen LogP contribution in [0, 0.1) is 0 Å². The monoisotopic (exact) mass is 280 g/mol. The van der Waals surface area contributed by atoms with Crippen molar-refractivity contribution in [3.8, 4) is 0 Å². The molecule has 1 aromatic rings. The van der Waals surface area contributed by atoms with Crippen LogP contribution >= 0.6 is 11.6 Å². The molecule has 0 unspecified atom stereocenters. The van der Waals surface area contributed by atoms with Crippen LogP contribution in [0.3, 0.4) is 0 Å². The average molecular weight is 282 g/mol. The summed E-state index contributed by atoms with van der Waals surface area (Å²) in [5.74, 6) is 0. The number of nitrogens with one attached hydrogen (secondary N) is 1. The van der Waals surface area contributed by atoms with Gasteiger partial charge < -0.3 is 30.1 Å². The number of hydrogen-bond donors (Lipinski definition) is 1. The molecule has 1 N–H and O–H groups in total. The van der Waals surface area contributed by atoms with E-state index in [1.165, 1.54) is 5.56 Å². The fourth-order valence-electron chi connectivity index (χ4n) is 1.74. The molecule has 0 saturated carbocycles. The lowest BCUT2D eigenvalue weighted by Gasteiger charge is -2.27. The van der Waals surface area contributed by atoms with E-state index in [1.807, 2.05) is 18.2 Å². The van der Waals surface area contributed by atoms with Gasteiger partial charge in [-0.3, -0.25) is 4.90 Å². The molecular formula is C11H15Cl3N2-2. The highest BCUT2D eigenvalue weighted by atomic mass is 35.5. The van der Waals surface area contributed by atoms with Gasteiger partial charge in [0.1, 0.15) is 0 Å². The fourth-order valence-corrected chi connectivity index (χ4v) is 1.93. The molecule has 1 heterocycles. The molecule has 0 aliphatic carbocycles. The molecule has 0 radical (unpaired) electrons. The quantitative estimate of drug-likeness (QED) is 0.591. The van der Waals surface area contributed by atoms with E-state index in [1.54, 1.807) is 0 Å². The van der Waals surface area contributed by atoms with Crippen LogP contribution in [0.15, 0.2) is 24.3 Å². The highest BCUT2D eigenvalue weighted by molar-refractivity contribution is 6.31. The van der Waals surface area contributed by atoms with Crippen LogP contribution in [0.5, 0.6) is 0 Å². The molecule has 5 heteroatoms. The van der Waals surface area contributed by atoms with Crippen LogP contribution in [0.4, 0.5) is 0 Å². The van der Waals surface area contributed by atoms with E-state index >= 15 is 0 Å². The third-order valence-corrected chi connectivity index (χ3v) is 2.93. The number of rotatable bonds is 2. The van der Waals surface area contributed by atoms with Gasteiger partial charge in [-0.25, -0.2) is 0 Å². The number of hydrogen-bond acceptors (Lipinski definition) is 2. The average Bonchev–Trinajstić information content (AvgIpc) is 2.23. The standard InChI is InChI=1S/C11H15ClN2.2ClH/c12-11-4-2-1-3-10(11)9-14-7-5-13-6-8-14;;/h1-4,13H,5-9H2;2*1H/p-2. The van der Waals surface area contributed by atoms with Gasteiger partial charge in [-0.2, -0.15) is 0 Å². The number of piperazine rings is 1.